The van der Waals surface area contributed by atoms with Crippen LogP contribution < -0.4 is 5.32 Å². The Labute approximate surface area is 164 Å². The van der Waals surface area contributed by atoms with Crippen LogP contribution in [0.1, 0.15) is 37.6 Å². The van der Waals surface area contributed by atoms with Crippen molar-refractivity contribution in [2.45, 2.75) is 32.8 Å². The highest BCUT2D eigenvalue weighted by Gasteiger charge is 2.25. The van der Waals surface area contributed by atoms with E-state index in [0.29, 0.717) is 36.8 Å². The topological polar surface area (TPSA) is 79.0 Å². The normalized spacial score (nSPS) is 14.7. The van der Waals surface area contributed by atoms with Gasteiger partial charge < -0.3 is 19.9 Å². The van der Waals surface area contributed by atoms with Gasteiger partial charge in [-0.3, -0.25) is 9.59 Å². The number of halogens is 1. The SMILES string of the molecule is CC(C)(C)OC(=O)NCCC(=O)N1CCN(C(=O)c2ccc(Cl)cc2)CC1. The van der Waals surface area contributed by atoms with Gasteiger partial charge in [-0.1, -0.05) is 11.6 Å². The lowest BCUT2D eigenvalue weighted by atomic mass is 10.2. The molecule has 7 nitrogen and oxygen atoms in total. The highest BCUT2D eigenvalue weighted by molar-refractivity contribution is 6.30. The first-order valence-electron chi connectivity index (χ1n) is 8.95. The fourth-order valence-corrected chi connectivity index (χ4v) is 2.80. The van der Waals surface area contributed by atoms with Gasteiger partial charge in [-0.15, -0.1) is 0 Å². The Balaban J connectivity index is 1.73. The van der Waals surface area contributed by atoms with Crippen LogP contribution in [0, 0.1) is 0 Å². The zero-order valence-electron chi connectivity index (χ0n) is 16.0. The predicted molar refractivity (Wildman–Crippen MR) is 103 cm³/mol. The van der Waals surface area contributed by atoms with Crippen molar-refractivity contribution in [2.24, 2.45) is 0 Å². The molecule has 0 aliphatic carbocycles. The predicted octanol–water partition coefficient (Wildman–Crippen LogP) is 2.54. The first-order chi connectivity index (χ1) is 12.7. The second kappa shape index (κ2) is 9.08. The summed E-state index contributed by atoms with van der Waals surface area (Å²) in [6.07, 6.45) is -0.335. The highest BCUT2D eigenvalue weighted by atomic mass is 35.5. The molecule has 1 N–H and O–H groups in total. The fourth-order valence-electron chi connectivity index (χ4n) is 2.68. The monoisotopic (exact) mass is 395 g/mol. The minimum absolute atomic E-state index is 0.0512. The number of carbonyl (C=O) groups is 3. The number of hydrogen-bond acceptors (Lipinski definition) is 4. The zero-order chi connectivity index (χ0) is 20.0. The molecule has 3 amide bonds. The van der Waals surface area contributed by atoms with Gasteiger partial charge in [0.15, 0.2) is 0 Å². The Morgan fingerprint density at radius 1 is 1.04 bits per heavy atom. The molecule has 0 aromatic heterocycles. The first kappa shape index (κ1) is 21.0. The third kappa shape index (κ3) is 6.75. The number of ether oxygens (including phenoxy) is 1. The molecule has 0 saturated carbocycles. The van der Waals surface area contributed by atoms with Crippen molar-refractivity contribution >= 4 is 29.5 Å². The summed E-state index contributed by atoms with van der Waals surface area (Å²) < 4.78 is 5.13. The summed E-state index contributed by atoms with van der Waals surface area (Å²) in [5.74, 6) is -0.116. The molecule has 148 valence electrons. The molecule has 27 heavy (non-hydrogen) atoms. The van der Waals surface area contributed by atoms with Crippen LogP contribution in [0.4, 0.5) is 4.79 Å². The molecular weight excluding hydrogens is 370 g/mol. The molecule has 0 unspecified atom stereocenters. The molecule has 1 aliphatic rings. The second-order valence-corrected chi connectivity index (χ2v) is 7.79. The molecule has 8 heteroatoms. The van der Waals surface area contributed by atoms with Crippen LogP contribution in [0.2, 0.25) is 5.02 Å². The minimum Gasteiger partial charge on any atom is -0.444 e. The minimum atomic E-state index is -0.568. The maximum absolute atomic E-state index is 12.5. The van der Waals surface area contributed by atoms with Gasteiger partial charge in [0, 0.05) is 49.7 Å². The van der Waals surface area contributed by atoms with Gasteiger partial charge in [0.1, 0.15) is 5.60 Å². The van der Waals surface area contributed by atoms with Crippen molar-refractivity contribution in [1.82, 2.24) is 15.1 Å². The van der Waals surface area contributed by atoms with Crippen molar-refractivity contribution in [3.05, 3.63) is 34.9 Å². The lowest BCUT2D eigenvalue weighted by Crippen LogP contribution is -2.51. The van der Waals surface area contributed by atoms with E-state index >= 15 is 0 Å². The van der Waals surface area contributed by atoms with Crippen LogP contribution in [0.5, 0.6) is 0 Å². The molecule has 1 fully saturated rings. The second-order valence-electron chi connectivity index (χ2n) is 7.36. The summed E-state index contributed by atoms with van der Waals surface area (Å²) in [6, 6.07) is 6.77. The quantitative estimate of drug-likeness (QED) is 0.849. The molecule has 0 bridgehead atoms. The van der Waals surface area contributed by atoms with Gasteiger partial charge in [-0.05, 0) is 45.0 Å². The number of nitrogens with zero attached hydrogens (tertiary/aromatic N) is 2. The number of piperazine rings is 1. The molecular formula is C19H26ClN3O4. The van der Waals surface area contributed by atoms with Crippen LogP contribution in [-0.4, -0.2) is 66.0 Å². The molecule has 1 aromatic rings. The van der Waals surface area contributed by atoms with Crippen LogP contribution in [0.25, 0.3) is 0 Å². The lowest BCUT2D eigenvalue weighted by Gasteiger charge is -2.35. The van der Waals surface area contributed by atoms with E-state index in [1.165, 1.54) is 0 Å². The Hall–Kier alpha value is -2.28. The van der Waals surface area contributed by atoms with E-state index in [9.17, 15) is 14.4 Å². The number of hydrogen-bond donors (Lipinski definition) is 1. The summed E-state index contributed by atoms with van der Waals surface area (Å²) >= 11 is 5.85. The summed E-state index contributed by atoms with van der Waals surface area (Å²) in [4.78, 5) is 39.7. The summed E-state index contributed by atoms with van der Waals surface area (Å²) in [5.41, 5.74) is 0.0156. The van der Waals surface area contributed by atoms with Crippen molar-refractivity contribution in [1.29, 1.82) is 0 Å². The van der Waals surface area contributed by atoms with Crippen LogP contribution in [0.15, 0.2) is 24.3 Å². The summed E-state index contributed by atoms with van der Waals surface area (Å²) in [7, 11) is 0. The maximum Gasteiger partial charge on any atom is 0.407 e. The van der Waals surface area contributed by atoms with E-state index in [-0.39, 0.29) is 24.8 Å². The molecule has 0 atom stereocenters. The van der Waals surface area contributed by atoms with E-state index in [4.69, 9.17) is 16.3 Å². The highest BCUT2D eigenvalue weighted by Crippen LogP contribution is 2.13. The van der Waals surface area contributed by atoms with Gasteiger partial charge >= 0.3 is 6.09 Å². The van der Waals surface area contributed by atoms with Gasteiger partial charge in [0.2, 0.25) is 5.91 Å². The Kier molecular flexibility index (Phi) is 7.07. The Bertz CT molecular complexity index is 677. The molecule has 1 saturated heterocycles. The summed E-state index contributed by atoms with van der Waals surface area (Å²) in [6.45, 7) is 7.47. The van der Waals surface area contributed by atoms with Crippen LogP contribution >= 0.6 is 11.6 Å². The number of nitrogens with one attached hydrogen (secondary N) is 1. The van der Waals surface area contributed by atoms with Crippen molar-refractivity contribution < 1.29 is 19.1 Å². The molecule has 0 radical (unpaired) electrons. The maximum atomic E-state index is 12.5. The van der Waals surface area contributed by atoms with E-state index in [1.807, 2.05) is 0 Å². The molecule has 1 aliphatic heterocycles. The van der Waals surface area contributed by atoms with Crippen LogP contribution in [-0.2, 0) is 9.53 Å². The smallest absolute Gasteiger partial charge is 0.407 e. The standard InChI is InChI=1S/C19H26ClN3O4/c1-19(2,3)27-18(26)21-9-8-16(24)22-10-12-23(13-11-22)17(25)14-4-6-15(20)7-5-14/h4-7H,8-13H2,1-3H3,(H,21,26). The van der Waals surface area contributed by atoms with E-state index in [1.54, 1.807) is 54.8 Å². The molecule has 2 rings (SSSR count). The van der Waals surface area contributed by atoms with Gasteiger partial charge in [-0.2, -0.15) is 0 Å². The van der Waals surface area contributed by atoms with Crippen LogP contribution in [0.3, 0.4) is 0 Å². The third-order valence-corrected chi connectivity index (χ3v) is 4.27. The third-order valence-electron chi connectivity index (χ3n) is 4.02. The van der Waals surface area contributed by atoms with E-state index in [2.05, 4.69) is 5.32 Å². The number of benzene rings is 1. The molecule has 0 spiro atoms. The number of carbonyl (C=O) groups excluding carboxylic acids is 3. The molecule has 1 heterocycles. The zero-order valence-corrected chi connectivity index (χ0v) is 16.7. The first-order valence-corrected chi connectivity index (χ1v) is 9.33. The average molecular weight is 396 g/mol. The fraction of sp³-hybridized carbons (Fsp3) is 0.526. The number of amides is 3. The summed E-state index contributed by atoms with van der Waals surface area (Å²) in [5, 5.41) is 3.16. The largest absolute Gasteiger partial charge is 0.444 e. The van der Waals surface area contributed by atoms with Gasteiger partial charge in [0.05, 0.1) is 0 Å². The Morgan fingerprint density at radius 3 is 2.15 bits per heavy atom. The van der Waals surface area contributed by atoms with E-state index < -0.39 is 11.7 Å². The van der Waals surface area contributed by atoms with Gasteiger partial charge in [-0.25, -0.2) is 4.79 Å². The number of alkyl carbamates (subject to hydrolysis) is 1. The molecule has 1 aromatic carbocycles. The van der Waals surface area contributed by atoms with E-state index in [0.717, 1.165) is 0 Å². The van der Waals surface area contributed by atoms with Crippen molar-refractivity contribution in [3.8, 4) is 0 Å². The average Bonchev–Trinajstić information content (AvgIpc) is 2.60. The Morgan fingerprint density at radius 2 is 1.59 bits per heavy atom. The van der Waals surface area contributed by atoms with Gasteiger partial charge in [0.25, 0.3) is 5.91 Å². The van der Waals surface area contributed by atoms with Crippen molar-refractivity contribution in [3.63, 3.8) is 0 Å². The lowest BCUT2D eigenvalue weighted by molar-refractivity contribution is -0.132. The number of rotatable bonds is 4. The van der Waals surface area contributed by atoms with Crippen molar-refractivity contribution in [2.75, 3.05) is 32.7 Å².